The molecule has 0 aliphatic rings. The summed E-state index contributed by atoms with van der Waals surface area (Å²) in [6.07, 6.45) is 11.8. The fourth-order valence-electron chi connectivity index (χ4n) is 6.04. The Hall–Kier alpha value is -5.66. The van der Waals surface area contributed by atoms with Crippen LogP contribution in [-0.4, -0.2) is 0 Å². The summed E-state index contributed by atoms with van der Waals surface area (Å²) >= 11 is 0. The molecule has 1 nitrogen and oxygen atoms in total. The molecule has 6 aromatic rings. The lowest BCUT2D eigenvalue weighted by Gasteiger charge is -2.16. The van der Waals surface area contributed by atoms with E-state index < -0.39 is 0 Å². The number of allylic oxidation sites excluding steroid dienone is 5. The van der Waals surface area contributed by atoms with Gasteiger partial charge < -0.3 is 5.73 Å². The minimum atomic E-state index is 0.767. The number of aryl methyl sites for hydroxylation is 1. The first kappa shape index (κ1) is 30.4. The van der Waals surface area contributed by atoms with Crippen LogP contribution in [-0.2, 0) is 0 Å². The van der Waals surface area contributed by atoms with Crippen LogP contribution >= 0.6 is 0 Å². The Morgan fingerprint density at radius 3 is 2.24 bits per heavy atom. The molecule has 0 spiro atoms. The zero-order chi connectivity index (χ0) is 31.9. The first-order valence-electron chi connectivity index (χ1n) is 15.9. The molecule has 0 amide bonds. The first-order valence-corrected chi connectivity index (χ1v) is 15.9. The molecule has 2 N–H and O–H groups in total. The van der Waals surface area contributed by atoms with E-state index >= 15 is 0 Å². The van der Waals surface area contributed by atoms with Gasteiger partial charge in [0.2, 0.25) is 0 Å². The lowest BCUT2D eigenvalue weighted by atomic mass is 9.87. The maximum Gasteiger partial charge on any atom is 0.0393 e. The maximum atomic E-state index is 6.48. The van der Waals surface area contributed by atoms with Gasteiger partial charge in [-0.05, 0) is 104 Å². The Morgan fingerprint density at radius 1 is 0.674 bits per heavy atom. The average molecular weight is 594 g/mol. The molecule has 6 rings (SSSR count). The molecule has 0 fully saturated rings. The van der Waals surface area contributed by atoms with E-state index in [4.69, 9.17) is 5.73 Å². The molecule has 1 heteroatoms. The minimum absolute atomic E-state index is 0.767. The summed E-state index contributed by atoms with van der Waals surface area (Å²) in [6.45, 7) is 8.92. The maximum absolute atomic E-state index is 6.48. The van der Waals surface area contributed by atoms with Gasteiger partial charge in [-0.25, -0.2) is 0 Å². The second-order valence-electron chi connectivity index (χ2n) is 11.6. The van der Waals surface area contributed by atoms with E-state index in [0.717, 1.165) is 51.1 Å². The highest BCUT2D eigenvalue weighted by atomic mass is 14.6. The number of anilines is 1. The number of hydrogen-bond donors (Lipinski definition) is 1. The molecule has 0 saturated heterocycles. The van der Waals surface area contributed by atoms with Gasteiger partial charge in [0.15, 0.2) is 0 Å². The average Bonchev–Trinajstić information content (AvgIpc) is 3.10. The summed E-state index contributed by atoms with van der Waals surface area (Å²) in [5, 5.41) is 2.47. The molecule has 0 unspecified atom stereocenters. The van der Waals surface area contributed by atoms with Crippen LogP contribution in [0.4, 0.5) is 5.69 Å². The lowest BCUT2D eigenvalue weighted by molar-refractivity contribution is 1.22. The van der Waals surface area contributed by atoms with Crippen molar-refractivity contribution in [2.45, 2.75) is 20.3 Å². The highest BCUT2D eigenvalue weighted by molar-refractivity contribution is 6.02. The summed E-state index contributed by atoms with van der Waals surface area (Å²) in [6, 6.07) is 47.0. The van der Waals surface area contributed by atoms with Crippen molar-refractivity contribution in [3.63, 3.8) is 0 Å². The van der Waals surface area contributed by atoms with Gasteiger partial charge in [-0.3, -0.25) is 0 Å². The molecule has 6 aromatic carbocycles. The quantitative estimate of drug-likeness (QED) is 0.131. The molecular weight excluding hydrogens is 555 g/mol. The predicted molar refractivity (Wildman–Crippen MR) is 201 cm³/mol. The second kappa shape index (κ2) is 14.0. The van der Waals surface area contributed by atoms with Crippen LogP contribution in [0.25, 0.3) is 50.2 Å². The number of nitrogen functional groups attached to an aromatic ring is 1. The predicted octanol–water partition coefficient (Wildman–Crippen LogP) is 12.2. The minimum Gasteiger partial charge on any atom is -0.398 e. The summed E-state index contributed by atoms with van der Waals surface area (Å²) in [7, 11) is 0. The fourth-order valence-corrected chi connectivity index (χ4v) is 6.04. The topological polar surface area (TPSA) is 26.0 Å². The third-order valence-corrected chi connectivity index (χ3v) is 8.44. The van der Waals surface area contributed by atoms with Crippen LogP contribution in [0.15, 0.2) is 164 Å². The van der Waals surface area contributed by atoms with Crippen molar-refractivity contribution >= 4 is 33.7 Å². The Kier molecular flexibility index (Phi) is 9.22. The highest BCUT2D eigenvalue weighted by Gasteiger charge is 2.14. The summed E-state index contributed by atoms with van der Waals surface area (Å²) < 4.78 is 0. The molecule has 0 aliphatic carbocycles. The van der Waals surface area contributed by atoms with E-state index in [0.29, 0.717) is 0 Å². The van der Waals surface area contributed by atoms with Crippen LogP contribution in [0.3, 0.4) is 0 Å². The fraction of sp³-hybridized carbons (Fsp3) is 0.0667. The third kappa shape index (κ3) is 6.55. The van der Waals surface area contributed by atoms with Gasteiger partial charge in [0.25, 0.3) is 0 Å². The number of benzene rings is 6. The number of hydrogen-bond acceptors (Lipinski definition) is 1. The van der Waals surface area contributed by atoms with Crippen LogP contribution in [0.1, 0.15) is 41.2 Å². The van der Waals surface area contributed by atoms with Crippen LogP contribution < -0.4 is 5.73 Å². The Morgan fingerprint density at radius 2 is 1.41 bits per heavy atom. The number of nitrogens with two attached hydrogens (primary N) is 1. The molecule has 0 aliphatic heterocycles. The van der Waals surface area contributed by atoms with E-state index in [9.17, 15) is 0 Å². The molecule has 0 bridgehead atoms. The number of rotatable bonds is 9. The van der Waals surface area contributed by atoms with Crippen molar-refractivity contribution in [1.82, 2.24) is 0 Å². The summed E-state index contributed by atoms with van der Waals surface area (Å²) in [4.78, 5) is 0. The van der Waals surface area contributed by atoms with Gasteiger partial charge in [-0.1, -0.05) is 153 Å². The third-order valence-electron chi connectivity index (χ3n) is 8.44. The van der Waals surface area contributed by atoms with Gasteiger partial charge in [-0.2, -0.15) is 0 Å². The number of para-hydroxylation sites is 1. The Balaban J connectivity index is 1.43. The van der Waals surface area contributed by atoms with E-state index in [2.05, 4.69) is 166 Å². The van der Waals surface area contributed by atoms with E-state index in [1.54, 1.807) is 0 Å². The Bertz CT molecular complexity index is 2110. The standard InChI is InChI=1S/C45H39N/c1-4-5-6-8-18-36-27-28-39(31-42(36)41-23-13-14-24-44(41)46)38-21-15-20-37(30-38)33(3)29-43(34-16-9-7-10-17-34)45-32(2)25-26-35-19-11-12-22-40(35)45/h5-31H,3-4,46H2,1-2H3/b6-5-,18-8-,43-29-. The molecule has 0 radical (unpaired) electrons. The Labute approximate surface area is 273 Å². The van der Waals surface area contributed by atoms with E-state index in [1.165, 1.54) is 33.0 Å². The first-order chi connectivity index (χ1) is 22.5. The number of fused-ring (bicyclic) bond motifs is 1. The molecule has 0 aromatic heterocycles. The van der Waals surface area contributed by atoms with E-state index in [-0.39, 0.29) is 0 Å². The second-order valence-corrected chi connectivity index (χ2v) is 11.6. The summed E-state index contributed by atoms with van der Waals surface area (Å²) in [5.41, 5.74) is 19.6. The summed E-state index contributed by atoms with van der Waals surface area (Å²) in [5.74, 6) is 0. The van der Waals surface area contributed by atoms with Crippen molar-refractivity contribution < 1.29 is 0 Å². The molecular formula is C45H39N. The smallest absolute Gasteiger partial charge is 0.0393 e. The van der Waals surface area contributed by atoms with Crippen LogP contribution in [0, 0.1) is 6.92 Å². The molecule has 0 saturated carbocycles. The van der Waals surface area contributed by atoms with E-state index in [1.807, 2.05) is 18.2 Å². The van der Waals surface area contributed by atoms with Crippen molar-refractivity contribution in [3.8, 4) is 22.3 Å². The highest BCUT2D eigenvalue weighted by Crippen LogP contribution is 2.37. The van der Waals surface area contributed by atoms with Gasteiger partial charge >= 0.3 is 0 Å². The van der Waals surface area contributed by atoms with Crippen molar-refractivity contribution in [2.75, 3.05) is 5.73 Å². The zero-order valence-corrected chi connectivity index (χ0v) is 26.6. The molecule has 0 heterocycles. The van der Waals surface area contributed by atoms with Crippen molar-refractivity contribution in [3.05, 3.63) is 192 Å². The van der Waals surface area contributed by atoms with Gasteiger partial charge in [0, 0.05) is 11.3 Å². The van der Waals surface area contributed by atoms with Gasteiger partial charge in [0.1, 0.15) is 0 Å². The molecule has 46 heavy (non-hydrogen) atoms. The lowest BCUT2D eigenvalue weighted by Crippen LogP contribution is -1.95. The largest absolute Gasteiger partial charge is 0.398 e. The van der Waals surface area contributed by atoms with Gasteiger partial charge in [-0.15, -0.1) is 0 Å². The van der Waals surface area contributed by atoms with Crippen LogP contribution in [0.2, 0.25) is 0 Å². The normalized spacial score (nSPS) is 11.9. The zero-order valence-electron chi connectivity index (χ0n) is 26.6. The SMILES string of the molecule is C=C(/C=C(/c1ccccc1)c1c(C)ccc2ccccc12)c1cccc(-c2ccc(/C=C\C=C/CC)c(-c3ccccc3N)c2)c1. The van der Waals surface area contributed by atoms with Crippen molar-refractivity contribution in [1.29, 1.82) is 0 Å². The monoisotopic (exact) mass is 593 g/mol. The van der Waals surface area contributed by atoms with Gasteiger partial charge in [0.05, 0.1) is 0 Å². The van der Waals surface area contributed by atoms with Crippen molar-refractivity contribution in [2.24, 2.45) is 0 Å². The molecule has 0 atom stereocenters. The van der Waals surface area contributed by atoms with Crippen LogP contribution in [0.5, 0.6) is 0 Å². The molecule has 224 valence electrons.